The lowest BCUT2D eigenvalue weighted by atomic mass is 10.2. The molecule has 1 atom stereocenters. The molecule has 25 heavy (non-hydrogen) atoms. The summed E-state index contributed by atoms with van der Waals surface area (Å²) in [5, 5.41) is 0. The number of carbonyl (C=O) groups is 2. The fraction of sp³-hybridized carbons (Fsp3) is 0.222. The lowest BCUT2D eigenvalue weighted by molar-refractivity contribution is -0.133. The number of benzene rings is 2. The lowest BCUT2D eigenvalue weighted by Gasteiger charge is -2.15. The number of carbonyl (C=O) groups excluding carboxylic acids is 2. The fourth-order valence-corrected chi connectivity index (χ4v) is 2.50. The van der Waals surface area contributed by atoms with Gasteiger partial charge in [-0.25, -0.2) is 0 Å². The molecule has 0 bridgehead atoms. The van der Waals surface area contributed by atoms with E-state index in [1.165, 1.54) is 0 Å². The Balaban J connectivity index is 1.74. The van der Waals surface area contributed by atoms with Crippen molar-refractivity contribution in [1.29, 1.82) is 0 Å². The van der Waals surface area contributed by atoms with E-state index in [1.54, 1.807) is 25.1 Å². The first kappa shape index (κ1) is 18.8. The van der Waals surface area contributed by atoms with Gasteiger partial charge in [0.2, 0.25) is 0 Å². The van der Waals surface area contributed by atoms with Crippen LogP contribution in [0.3, 0.4) is 0 Å². The van der Waals surface area contributed by atoms with E-state index >= 15 is 0 Å². The molecule has 0 spiro atoms. The molecule has 7 heteroatoms. The molecule has 0 aromatic heterocycles. The van der Waals surface area contributed by atoms with Crippen molar-refractivity contribution in [2.75, 3.05) is 6.61 Å². The van der Waals surface area contributed by atoms with Gasteiger partial charge in [-0.1, -0.05) is 24.3 Å². The Hall–Kier alpha value is -2.54. The highest BCUT2D eigenvalue weighted by Gasteiger charge is 2.15. The van der Waals surface area contributed by atoms with E-state index in [2.05, 4.69) is 26.8 Å². The largest absolute Gasteiger partial charge is 0.483 e. The number of hydrazine groups is 1. The molecule has 132 valence electrons. The average Bonchev–Trinajstić information content (AvgIpc) is 2.59. The number of hydrogen-bond acceptors (Lipinski definition) is 4. The normalized spacial score (nSPS) is 11.3. The van der Waals surface area contributed by atoms with Crippen LogP contribution in [0, 0.1) is 6.92 Å². The topological polar surface area (TPSA) is 76.7 Å². The van der Waals surface area contributed by atoms with Crippen LogP contribution in [0.2, 0.25) is 0 Å². The second kappa shape index (κ2) is 9.08. The minimum Gasteiger partial charge on any atom is -0.483 e. The van der Waals surface area contributed by atoms with Gasteiger partial charge in [-0.2, -0.15) is 0 Å². The first-order valence-corrected chi connectivity index (χ1v) is 8.44. The fourth-order valence-electron chi connectivity index (χ4n) is 1.89. The van der Waals surface area contributed by atoms with Crippen molar-refractivity contribution < 1.29 is 19.1 Å². The van der Waals surface area contributed by atoms with Gasteiger partial charge in [0.15, 0.2) is 12.7 Å². The van der Waals surface area contributed by atoms with Gasteiger partial charge in [0.1, 0.15) is 11.5 Å². The third-order valence-electron chi connectivity index (χ3n) is 3.20. The molecule has 6 nitrogen and oxygen atoms in total. The van der Waals surface area contributed by atoms with Crippen molar-refractivity contribution in [2.24, 2.45) is 0 Å². The standard InChI is InChI=1S/C18H19BrN2O4/c1-12-8-9-16(15(19)10-12)24-11-17(22)20-21-18(23)13(2)25-14-6-4-3-5-7-14/h3-10,13H,11H2,1-2H3,(H,20,22)(H,21,23). The second-order valence-corrected chi connectivity index (χ2v) is 6.19. The SMILES string of the molecule is Cc1ccc(OCC(=O)NNC(=O)C(C)Oc2ccccc2)c(Br)c1. The Morgan fingerprint density at radius 2 is 1.84 bits per heavy atom. The summed E-state index contributed by atoms with van der Waals surface area (Å²) < 4.78 is 11.6. The van der Waals surface area contributed by atoms with Gasteiger partial charge in [-0.05, 0) is 59.6 Å². The zero-order valence-electron chi connectivity index (χ0n) is 13.9. The van der Waals surface area contributed by atoms with Gasteiger partial charge < -0.3 is 9.47 Å². The molecule has 0 aliphatic heterocycles. The van der Waals surface area contributed by atoms with E-state index in [9.17, 15) is 9.59 Å². The number of rotatable bonds is 6. The molecule has 0 aliphatic carbocycles. The highest BCUT2D eigenvalue weighted by molar-refractivity contribution is 9.10. The number of ether oxygens (including phenoxy) is 2. The summed E-state index contributed by atoms with van der Waals surface area (Å²) in [7, 11) is 0. The minimum atomic E-state index is -0.755. The van der Waals surface area contributed by atoms with E-state index in [-0.39, 0.29) is 6.61 Å². The maximum absolute atomic E-state index is 11.9. The molecule has 0 saturated carbocycles. The van der Waals surface area contributed by atoms with Gasteiger partial charge in [-0.15, -0.1) is 0 Å². The van der Waals surface area contributed by atoms with E-state index in [4.69, 9.17) is 9.47 Å². The molecule has 0 fully saturated rings. The Morgan fingerprint density at radius 1 is 1.12 bits per heavy atom. The monoisotopic (exact) mass is 406 g/mol. The molecule has 2 N–H and O–H groups in total. The van der Waals surface area contributed by atoms with Gasteiger partial charge >= 0.3 is 0 Å². The first-order valence-electron chi connectivity index (χ1n) is 7.65. The maximum Gasteiger partial charge on any atom is 0.279 e. The third kappa shape index (κ3) is 6.11. The molecular formula is C18H19BrN2O4. The minimum absolute atomic E-state index is 0.226. The molecule has 0 radical (unpaired) electrons. The third-order valence-corrected chi connectivity index (χ3v) is 3.82. The van der Waals surface area contributed by atoms with Crippen LogP contribution in [0.1, 0.15) is 12.5 Å². The number of nitrogens with one attached hydrogen (secondary N) is 2. The highest BCUT2D eigenvalue weighted by Crippen LogP contribution is 2.25. The molecule has 1 unspecified atom stereocenters. The van der Waals surface area contributed by atoms with Crippen LogP contribution < -0.4 is 20.3 Å². The van der Waals surface area contributed by atoms with Crippen molar-refractivity contribution in [3.63, 3.8) is 0 Å². The van der Waals surface area contributed by atoms with Crippen LogP contribution in [-0.4, -0.2) is 24.5 Å². The van der Waals surface area contributed by atoms with Crippen LogP contribution in [0.4, 0.5) is 0 Å². The molecular weight excluding hydrogens is 388 g/mol. The lowest BCUT2D eigenvalue weighted by Crippen LogP contribution is -2.48. The van der Waals surface area contributed by atoms with Crippen LogP contribution in [0.15, 0.2) is 53.0 Å². The number of halogens is 1. The smallest absolute Gasteiger partial charge is 0.279 e. The number of amides is 2. The molecule has 2 rings (SSSR count). The molecule has 0 heterocycles. The number of aryl methyl sites for hydroxylation is 1. The number of hydrogen-bond donors (Lipinski definition) is 2. The van der Waals surface area contributed by atoms with Gasteiger partial charge in [0.25, 0.3) is 11.8 Å². The van der Waals surface area contributed by atoms with Gasteiger partial charge in [-0.3, -0.25) is 20.4 Å². The van der Waals surface area contributed by atoms with Crippen LogP contribution in [0.25, 0.3) is 0 Å². The van der Waals surface area contributed by atoms with Crippen molar-refractivity contribution in [2.45, 2.75) is 20.0 Å². The number of para-hydroxylation sites is 1. The van der Waals surface area contributed by atoms with E-state index in [0.29, 0.717) is 11.5 Å². The average molecular weight is 407 g/mol. The van der Waals surface area contributed by atoms with Crippen molar-refractivity contribution in [3.05, 3.63) is 58.6 Å². The highest BCUT2D eigenvalue weighted by atomic mass is 79.9. The summed E-state index contributed by atoms with van der Waals surface area (Å²) in [5.74, 6) is 0.179. The van der Waals surface area contributed by atoms with Gasteiger partial charge in [0, 0.05) is 0 Å². The van der Waals surface area contributed by atoms with Gasteiger partial charge in [0.05, 0.1) is 4.47 Å². The molecule has 0 aliphatic rings. The summed E-state index contributed by atoms with van der Waals surface area (Å²) in [6.07, 6.45) is -0.755. The molecule has 2 aromatic carbocycles. The van der Waals surface area contributed by atoms with E-state index < -0.39 is 17.9 Å². The molecule has 2 amide bonds. The molecule has 0 saturated heterocycles. The maximum atomic E-state index is 11.9. The molecule has 2 aromatic rings. The summed E-state index contributed by atoms with van der Waals surface area (Å²) in [4.78, 5) is 23.7. The Morgan fingerprint density at radius 3 is 2.52 bits per heavy atom. The van der Waals surface area contributed by atoms with Crippen LogP contribution in [-0.2, 0) is 9.59 Å². The Labute approximate surface area is 154 Å². The van der Waals surface area contributed by atoms with Crippen molar-refractivity contribution in [3.8, 4) is 11.5 Å². The first-order chi connectivity index (χ1) is 12.0. The predicted octanol–water partition coefficient (Wildman–Crippen LogP) is 2.75. The second-order valence-electron chi connectivity index (χ2n) is 5.33. The van der Waals surface area contributed by atoms with Crippen molar-refractivity contribution >= 4 is 27.7 Å². The Kier molecular flexibility index (Phi) is 6.82. The summed E-state index contributed by atoms with van der Waals surface area (Å²) in [5.41, 5.74) is 5.67. The Bertz CT molecular complexity index is 737. The summed E-state index contributed by atoms with van der Waals surface area (Å²) in [6, 6.07) is 14.5. The van der Waals surface area contributed by atoms with Crippen LogP contribution in [0.5, 0.6) is 11.5 Å². The van der Waals surface area contributed by atoms with E-state index in [1.807, 2.05) is 37.3 Å². The summed E-state index contributed by atoms with van der Waals surface area (Å²) in [6.45, 7) is 3.32. The quantitative estimate of drug-likeness (QED) is 0.723. The van der Waals surface area contributed by atoms with Crippen molar-refractivity contribution in [1.82, 2.24) is 10.9 Å². The van der Waals surface area contributed by atoms with Crippen LogP contribution >= 0.6 is 15.9 Å². The summed E-state index contributed by atoms with van der Waals surface area (Å²) >= 11 is 3.37. The zero-order valence-corrected chi connectivity index (χ0v) is 15.5. The predicted molar refractivity (Wildman–Crippen MR) is 97.2 cm³/mol. The van der Waals surface area contributed by atoms with E-state index in [0.717, 1.165) is 10.0 Å². The zero-order chi connectivity index (χ0) is 18.2.